The Labute approximate surface area is 82.9 Å². The van der Waals surface area contributed by atoms with E-state index in [4.69, 9.17) is 0 Å². The van der Waals surface area contributed by atoms with Crippen LogP contribution in [0.3, 0.4) is 0 Å². The second-order valence-corrected chi connectivity index (χ2v) is 4.24. The first kappa shape index (κ1) is 9.40. The Morgan fingerprint density at radius 2 is 2.29 bits per heavy atom. The predicted molar refractivity (Wildman–Crippen MR) is 53.3 cm³/mol. The molecule has 2 N–H and O–H groups in total. The molecule has 0 spiro atoms. The molecule has 76 valence electrons. The van der Waals surface area contributed by atoms with Crippen molar-refractivity contribution in [3.8, 4) is 0 Å². The number of H-pyrrole nitrogens is 1. The van der Waals surface area contributed by atoms with Crippen LogP contribution in [-0.4, -0.2) is 11.1 Å². The van der Waals surface area contributed by atoms with E-state index in [1.54, 1.807) is 6.07 Å². The van der Waals surface area contributed by atoms with E-state index in [2.05, 4.69) is 24.3 Å². The zero-order chi connectivity index (χ0) is 10.2. The Morgan fingerprint density at radius 3 is 2.79 bits per heavy atom. The number of hydrogen-bond donors (Lipinski definition) is 2. The molecule has 1 aromatic rings. The molecule has 1 heterocycles. The number of nitrogens with zero attached hydrogens (tertiary/aromatic N) is 1. The molecule has 0 amide bonds. The van der Waals surface area contributed by atoms with Crippen molar-refractivity contribution >= 4 is 0 Å². The molecule has 2 rings (SSSR count). The zero-order valence-corrected chi connectivity index (χ0v) is 8.58. The lowest BCUT2D eigenvalue weighted by Crippen LogP contribution is -2.37. The predicted octanol–water partition coefficient (Wildman–Crippen LogP) is 0.916. The Bertz CT molecular complexity index is 379. The van der Waals surface area contributed by atoms with Crippen molar-refractivity contribution in [3.63, 3.8) is 0 Å². The van der Waals surface area contributed by atoms with E-state index in [9.17, 15) is 4.91 Å². The third-order valence-corrected chi connectivity index (χ3v) is 2.55. The molecule has 0 atom stereocenters. The van der Waals surface area contributed by atoms with Crippen LogP contribution in [-0.2, 0) is 5.54 Å². The van der Waals surface area contributed by atoms with Crippen molar-refractivity contribution in [2.24, 2.45) is 0 Å². The van der Waals surface area contributed by atoms with Crippen molar-refractivity contribution in [2.75, 3.05) is 0 Å². The molecule has 4 heteroatoms. The van der Waals surface area contributed by atoms with Gasteiger partial charge in [-0.25, -0.2) is 0 Å². The number of hydrogen-bond acceptors (Lipinski definition) is 2. The molecular formula is C10H16N3O+. The van der Waals surface area contributed by atoms with E-state index in [1.165, 1.54) is 6.20 Å². The second-order valence-electron chi connectivity index (χ2n) is 4.24. The van der Waals surface area contributed by atoms with Gasteiger partial charge in [-0.2, -0.15) is 0 Å². The van der Waals surface area contributed by atoms with E-state index in [0.717, 1.165) is 23.1 Å². The van der Waals surface area contributed by atoms with Crippen LogP contribution < -0.4 is 9.86 Å². The summed E-state index contributed by atoms with van der Waals surface area (Å²) in [6.45, 7) is 4.24. The van der Waals surface area contributed by atoms with E-state index in [-0.39, 0.29) is 5.54 Å². The second kappa shape index (κ2) is 3.20. The van der Waals surface area contributed by atoms with Gasteiger partial charge < -0.3 is 5.32 Å². The molecule has 0 aromatic carbocycles. The standard InChI is InChI=1S/C10H16N3O/c1-8(2)11-10(5-6-10)9-4-3-7-13(14)12-9/h3-4,7-8,11H,5-6H2,1-2H3,(H,12,14)/q+1. The summed E-state index contributed by atoms with van der Waals surface area (Å²) in [6, 6.07) is 4.18. The summed E-state index contributed by atoms with van der Waals surface area (Å²) in [7, 11) is 0. The van der Waals surface area contributed by atoms with Gasteiger partial charge in [0.2, 0.25) is 0 Å². The minimum absolute atomic E-state index is 0.0294. The van der Waals surface area contributed by atoms with Crippen LogP contribution in [0.1, 0.15) is 32.4 Å². The largest absolute Gasteiger partial charge is 0.304 e. The summed E-state index contributed by atoms with van der Waals surface area (Å²) < 4.78 is 0.747. The zero-order valence-electron chi connectivity index (χ0n) is 8.58. The first-order chi connectivity index (χ1) is 6.62. The summed E-state index contributed by atoms with van der Waals surface area (Å²) in [5.74, 6) is 0. The Kier molecular flexibility index (Phi) is 2.15. The van der Waals surface area contributed by atoms with Crippen LogP contribution in [0, 0.1) is 4.91 Å². The van der Waals surface area contributed by atoms with E-state index in [1.807, 2.05) is 6.07 Å². The SMILES string of the molecule is CC(C)NC1(c2ccc[n+](=O)[nH]2)CC1. The van der Waals surface area contributed by atoms with Crippen molar-refractivity contribution in [1.82, 2.24) is 10.4 Å². The molecule has 0 saturated heterocycles. The topological polar surface area (TPSA) is 50.8 Å². The fourth-order valence-electron chi connectivity index (χ4n) is 1.85. The number of aromatic amines is 1. The van der Waals surface area contributed by atoms with Gasteiger partial charge in [0, 0.05) is 12.1 Å². The van der Waals surface area contributed by atoms with Crippen LogP contribution in [0.4, 0.5) is 0 Å². The lowest BCUT2D eigenvalue weighted by Gasteiger charge is -2.18. The molecule has 14 heavy (non-hydrogen) atoms. The van der Waals surface area contributed by atoms with Crippen LogP contribution in [0.2, 0.25) is 0 Å². The monoisotopic (exact) mass is 194 g/mol. The number of nitrogens with one attached hydrogen (secondary N) is 2. The normalized spacial score (nSPS) is 18.5. The Balaban J connectivity index is 2.26. The number of aromatic nitrogens is 2. The fraction of sp³-hybridized carbons (Fsp3) is 0.600. The summed E-state index contributed by atoms with van der Waals surface area (Å²) >= 11 is 0. The van der Waals surface area contributed by atoms with Crippen LogP contribution in [0.5, 0.6) is 0 Å². The highest BCUT2D eigenvalue weighted by Gasteiger charge is 2.46. The molecule has 1 saturated carbocycles. The molecule has 0 radical (unpaired) electrons. The van der Waals surface area contributed by atoms with Crippen LogP contribution in [0.15, 0.2) is 18.3 Å². The third-order valence-electron chi connectivity index (χ3n) is 2.55. The lowest BCUT2D eigenvalue weighted by atomic mass is 10.1. The highest BCUT2D eigenvalue weighted by molar-refractivity contribution is 5.20. The molecule has 0 aliphatic heterocycles. The minimum Gasteiger partial charge on any atom is -0.304 e. The maximum Gasteiger partial charge on any atom is 0.257 e. The highest BCUT2D eigenvalue weighted by atomic mass is 16.3. The van der Waals surface area contributed by atoms with Crippen molar-refractivity contribution in [2.45, 2.75) is 38.3 Å². The van der Waals surface area contributed by atoms with Gasteiger partial charge >= 0.3 is 0 Å². The van der Waals surface area contributed by atoms with Gasteiger partial charge in [-0.1, -0.05) is 0 Å². The van der Waals surface area contributed by atoms with Crippen LogP contribution in [0.25, 0.3) is 0 Å². The lowest BCUT2D eigenvalue weighted by molar-refractivity contribution is -0.565. The van der Waals surface area contributed by atoms with Crippen molar-refractivity contribution < 1.29 is 4.54 Å². The molecular weight excluding hydrogens is 178 g/mol. The van der Waals surface area contributed by atoms with Gasteiger partial charge in [-0.3, -0.25) is 0 Å². The molecule has 0 bridgehead atoms. The van der Waals surface area contributed by atoms with E-state index < -0.39 is 0 Å². The van der Waals surface area contributed by atoms with Gasteiger partial charge in [-0.15, -0.1) is 5.10 Å². The fourth-order valence-corrected chi connectivity index (χ4v) is 1.85. The molecule has 1 aliphatic carbocycles. The van der Waals surface area contributed by atoms with Gasteiger partial charge in [0.05, 0.1) is 16.1 Å². The molecule has 1 aromatic heterocycles. The molecule has 1 fully saturated rings. The molecule has 0 unspecified atom stereocenters. The maximum absolute atomic E-state index is 11.1. The smallest absolute Gasteiger partial charge is 0.257 e. The quantitative estimate of drug-likeness (QED) is 0.703. The average Bonchev–Trinajstić information content (AvgIpc) is 2.84. The average molecular weight is 194 g/mol. The third kappa shape index (κ3) is 1.70. The van der Waals surface area contributed by atoms with E-state index >= 15 is 0 Å². The van der Waals surface area contributed by atoms with Crippen LogP contribution >= 0.6 is 0 Å². The highest BCUT2D eigenvalue weighted by Crippen LogP contribution is 2.44. The van der Waals surface area contributed by atoms with Gasteiger partial charge in [0.25, 0.3) is 6.20 Å². The van der Waals surface area contributed by atoms with Gasteiger partial charge in [0.1, 0.15) is 0 Å². The Hall–Kier alpha value is -1.16. The molecule has 1 aliphatic rings. The number of rotatable bonds is 3. The van der Waals surface area contributed by atoms with Gasteiger partial charge in [0.15, 0.2) is 4.54 Å². The summed E-state index contributed by atoms with van der Waals surface area (Å²) in [6.07, 6.45) is 3.67. The van der Waals surface area contributed by atoms with Crippen molar-refractivity contribution in [3.05, 3.63) is 28.9 Å². The minimum atomic E-state index is 0.0294. The summed E-state index contributed by atoms with van der Waals surface area (Å²) in [4.78, 5) is 11.1. The van der Waals surface area contributed by atoms with Gasteiger partial charge in [-0.05, 0) is 32.8 Å². The first-order valence-corrected chi connectivity index (χ1v) is 5.02. The first-order valence-electron chi connectivity index (χ1n) is 5.02. The Morgan fingerprint density at radius 1 is 1.57 bits per heavy atom. The maximum atomic E-state index is 11.1. The van der Waals surface area contributed by atoms with Crippen molar-refractivity contribution in [1.29, 1.82) is 0 Å². The molecule has 4 nitrogen and oxygen atoms in total. The summed E-state index contributed by atoms with van der Waals surface area (Å²) in [5.41, 5.74) is 1.02. The summed E-state index contributed by atoms with van der Waals surface area (Å²) in [5, 5.41) is 6.30. The van der Waals surface area contributed by atoms with E-state index in [0.29, 0.717) is 6.04 Å².